The Morgan fingerprint density at radius 3 is 2.40 bits per heavy atom. The van der Waals surface area contributed by atoms with E-state index in [9.17, 15) is 9.59 Å². The summed E-state index contributed by atoms with van der Waals surface area (Å²) in [6, 6.07) is 0. The van der Waals surface area contributed by atoms with E-state index >= 15 is 0 Å². The summed E-state index contributed by atoms with van der Waals surface area (Å²) in [6.45, 7) is 10.6. The van der Waals surface area contributed by atoms with E-state index < -0.39 is 0 Å². The second-order valence-corrected chi connectivity index (χ2v) is 9.25. The van der Waals surface area contributed by atoms with Crippen molar-refractivity contribution in [2.24, 2.45) is 34.5 Å². The summed E-state index contributed by atoms with van der Waals surface area (Å²) in [7, 11) is 0. The molecule has 140 valence electrons. The van der Waals surface area contributed by atoms with Gasteiger partial charge in [0.25, 0.3) is 0 Å². The normalized spacial score (nSPS) is 45.3. The van der Waals surface area contributed by atoms with Crippen molar-refractivity contribution in [3.8, 4) is 0 Å². The Labute approximate surface area is 153 Å². The highest BCUT2D eigenvalue weighted by Crippen LogP contribution is 2.66. The highest BCUT2D eigenvalue weighted by molar-refractivity contribution is 5.91. The summed E-state index contributed by atoms with van der Waals surface area (Å²) in [5.41, 5.74) is 1.95. The average Bonchev–Trinajstić information content (AvgIpc) is 2.95. The molecule has 0 bridgehead atoms. The molecule has 3 fully saturated rings. The third kappa shape index (κ3) is 2.75. The molecular formula is C23H36O2. The minimum Gasteiger partial charge on any atom is -0.300 e. The number of carbonyl (C=O) groups is 2. The van der Waals surface area contributed by atoms with Gasteiger partial charge in [-0.05, 0) is 86.5 Å². The van der Waals surface area contributed by atoms with E-state index in [1.165, 1.54) is 31.3 Å². The van der Waals surface area contributed by atoms with E-state index in [4.69, 9.17) is 0 Å². The number of allylic oxidation sites excluding steroid dienone is 1. The molecule has 25 heavy (non-hydrogen) atoms. The smallest absolute Gasteiger partial charge is 0.155 e. The molecule has 4 aliphatic carbocycles. The van der Waals surface area contributed by atoms with E-state index in [1.54, 1.807) is 6.92 Å². The zero-order valence-electron chi connectivity index (χ0n) is 16.9. The zero-order valence-corrected chi connectivity index (χ0v) is 16.9. The quantitative estimate of drug-likeness (QED) is 0.607. The fourth-order valence-electron chi connectivity index (χ4n) is 7.23. The van der Waals surface area contributed by atoms with Gasteiger partial charge in [0.15, 0.2) is 5.78 Å². The molecule has 3 saturated carbocycles. The van der Waals surface area contributed by atoms with Crippen LogP contribution in [0.4, 0.5) is 0 Å². The molecule has 0 radical (unpaired) electrons. The van der Waals surface area contributed by atoms with Crippen LogP contribution in [0, 0.1) is 34.5 Å². The molecule has 2 heteroatoms. The molecule has 0 unspecified atom stereocenters. The summed E-state index contributed by atoms with van der Waals surface area (Å²) in [6.07, 6.45) is 10.9. The first-order valence-corrected chi connectivity index (χ1v) is 10.6. The van der Waals surface area contributed by atoms with Crippen molar-refractivity contribution in [3.63, 3.8) is 0 Å². The van der Waals surface area contributed by atoms with Crippen molar-refractivity contribution in [1.82, 2.24) is 0 Å². The van der Waals surface area contributed by atoms with Crippen LogP contribution in [0.1, 0.15) is 86.0 Å². The molecule has 0 spiro atoms. The number of fused-ring (bicyclic) bond motifs is 5. The van der Waals surface area contributed by atoms with Crippen molar-refractivity contribution in [1.29, 1.82) is 0 Å². The van der Waals surface area contributed by atoms with Crippen LogP contribution in [0.15, 0.2) is 11.6 Å². The van der Waals surface area contributed by atoms with Gasteiger partial charge in [-0.15, -0.1) is 0 Å². The Kier molecular flexibility index (Phi) is 5.03. The van der Waals surface area contributed by atoms with E-state index in [0.29, 0.717) is 17.5 Å². The lowest BCUT2D eigenvalue weighted by Gasteiger charge is -2.58. The van der Waals surface area contributed by atoms with Crippen molar-refractivity contribution < 1.29 is 9.59 Å². The SMILES string of the molecule is CC.CC(=O)[C@H]1CC[C@H]2[C@@H]3CCC4=CC(=O)CC[C@@]4(C)[C@@H]3CC[C@]12C. The number of carbonyl (C=O) groups excluding carboxylic acids is 2. The zero-order chi connectivity index (χ0) is 18.4. The van der Waals surface area contributed by atoms with Crippen molar-refractivity contribution in [2.45, 2.75) is 86.0 Å². The lowest BCUT2D eigenvalue weighted by atomic mass is 9.47. The van der Waals surface area contributed by atoms with Crippen molar-refractivity contribution in [3.05, 3.63) is 11.6 Å². The molecule has 0 aromatic heterocycles. The molecule has 0 amide bonds. The Bertz CT molecular complexity index is 589. The average molecular weight is 345 g/mol. The van der Waals surface area contributed by atoms with Crippen molar-refractivity contribution in [2.75, 3.05) is 0 Å². The Morgan fingerprint density at radius 2 is 1.72 bits per heavy atom. The molecular weight excluding hydrogens is 308 g/mol. The van der Waals surface area contributed by atoms with Crippen LogP contribution in [-0.2, 0) is 9.59 Å². The predicted octanol–water partition coefficient (Wildman–Crippen LogP) is 5.75. The number of hydrogen-bond acceptors (Lipinski definition) is 2. The van der Waals surface area contributed by atoms with Crippen LogP contribution in [0.25, 0.3) is 0 Å². The molecule has 0 aromatic carbocycles. The fourth-order valence-corrected chi connectivity index (χ4v) is 7.23. The van der Waals surface area contributed by atoms with Gasteiger partial charge in [-0.2, -0.15) is 0 Å². The van der Waals surface area contributed by atoms with Gasteiger partial charge in [0.1, 0.15) is 5.78 Å². The van der Waals surface area contributed by atoms with Gasteiger partial charge in [0.2, 0.25) is 0 Å². The number of Topliss-reactive ketones (excluding diaryl/α,β-unsaturated/α-hetero) is 1. The van der Waals surface area contributed by atoms with Gasteiger partial charge in [-0.25, -0.2) is 0 Å². The first kappa shape index (κ1) is 18.9. The fraction of sp³-hybridized carbons (Fsp3) is 0.826. The maximum atomic E-state index is 12.1. The van der Waals surface area contributed by atoms with Gasteiger partial charge in [0.05, 0.1) is 0 Å². The van der Waals surface area contributed by atoms with E-state index in [-0.39, 0.29) is 10.8 Å². The molecule has 2 nitrogen and oxygen atoms in total. The molecule has 0 aliphatic heterocycles. The second kappa shape index (κ2) is 6.67. The topological polar surface area (TPSA) is 34.1 Å². The molecule has 4 rings (SSSR count). The third-order valence-corrected chi connectivity index (χ3v) is 8.45. The highest BCUT2D eigenvalue weighted by atomic mass is 16.1. The number of ketones is 2. The van der Waals surface area contributed by atoms with Gasteiger partial charge < -0.3 is 0 Å². The first-order chi connectivity index (χ1) is 11.9. The minimum atomic E-state index is 0.245. The molecule has 6 atom stereocenters. The Hall–Kier alpha value is -0.920. The molecule has 0 aromatic rings. The monoisotopic (exact) mass is 344 g/mol. The van der Waals surface area contributed by atoms with Crippen LogP contribution in [0.5, 0.6) is 0 Å². The minimum absolute atomic E-state index is 0.245. The third-order valence-electron chi connectivity index (χ3n) is 8.45. The summed E-state index contributed by atoms with van der Waals surface area (Å²) in [5, 5.41) is 0. The first-order valence-electron chi connectivity index (χ1n) is 10.6. The second-order valence-electron chi connectivity index (χ2n) is 9.25. The van der Waals surface area contributed by atoms with Gasteiger partial charge in [0, 0.05) is 12.3 Å². The van der Waals surface area contributed by atoms with Gasteiger partial charge >= 0.3 is 0 Å². The molecule has 0 saturated heterocycles. The summed E-state index contributed by atoms with van der Waals surface area (Å²) >= 11 is 0. The summed E-state index contributed by atoms with van der Waals surface area (Å²) < 4.78 is 0. The number of hydrogen-bond donors (Lipinski definition) is 0. The van der Waals surface area contributed by atoms with E-state index in [2.05, 4.69) is 13.8 Å². The van der Waals surface area contributed by atoms with Crippen LogP contribution in [-0.4, -0.2) is 11.6 Å². The standard InChI is InChI=1S/C21H30O2.C2H6/c1-13(22)17-6-7-18-16-5-4-14-12-15(23)8-10-20(14,2)19(16)9-11-21(17,18)3;1-2/h12,16-19H,4-11H2,1-3H3;1-2H3/t16-,17+,18-,19+,20+,21+;/m0./s1. The Morgan fingerprint density at radius 1 is 1.00 bits per heavy atom. The largest absolute Gasteiger partial charge is 0.300 e. The van der Waals surface area contributed by atoms with Crippen molar-refractivity contribution >= 4 is 11.6 Å². The maximum absolute atomic E-state index is 12.1. The van der Waals surface area contributed by atoms with E-state index in [0.717, 1.165) is 43.4 Å². The van der Waals surface area contributed by atoms with Crippen LogP contribution in [0.3, 0.4) is 0 Å². The van der Waals surface area contributed by atoms with Crippen LogP contribution in [0.2, 0.25) is 0 Å². The molecule has 0 N–H and O–H groups in total. The lowest BCUT2D eigenvalue weighted by molar-refractivity contribution is -0.128. The highest BCUT2D eigenvalue weighted by Gasteiger charge is 2.59. The maximum Gasteiger partial charge on any atom is 0.155 e. The number of rotatable bonds is 1. The predicted molar refractivity (Wildman–Crippen MR) is 102 cm³/mol. The van der Waals surface area contributed by atoms with Gasteiger partial charge in [-0.1, -0.05) is 33.3 Å². The molecule has 0 heterocycles. The summed E-state index contributed by atoms with van der Waals surface area (Å²) in [4.78, 5) is 24.0. The van der Waals surface area contributed by atoms with Gasteiger partial charge in [-0.3, -0.25) is 9.59 Å². The lowest BCUT2D eigenvalue weighted by Crippen LogP contribution is -2.51. The molecule has 4 aliphatic rings. The summed E-state index contributed by atoms with van der Waals surface area (Å²) in [5.74, 6) is 3.29. The van der Waals surface area contributed by atoms with Crippen LogP contribution >= 0.6 is 0 Å². The van der Waals surface area contributed by atoms with Crippen LogP contribution < -0.4 is 0 Å². The Balaban J connectivity index is 0.000000880. The van der Waals surface area contributed by atoms with E-state index in [1.807, 2.05) is 19.9 Å².